The van der Waals surface area contributed by atoms with Crippen LogP contribution in [0.15, 0.2) is 24.3 Å². The molecular weight excluding hydrogens is 388 g/mol. The third kappa shape index (κ3) is 4.65. The number of piperidine rings is 1. The predicted octanol–water partition coefficient (Wildman–Crippen LogP) is 3.58. The average Bonchev–Trinajstić information content (AvgIpc) is 2.64. The standard InChI is InChI=1S/C20H22F4N4O/c1-11-12(2)25-13(3)26-18(11)28-9-8-16(14-4-6-15(21)7-5-14)17(10-28)27-19(29)20(22,23)24/h4-7,16-17H,8-10H2,1-3H3,(H,27,29). The summed E-state index contributed by atoms with van der Waals surface area (Å²) in [4.78, 5) is 22.3. The molecule has 2 aromatic rings. The van der Waals surface area contributed by atoms with Crippen molar-refractivity contribution >= 4 is 11.7 Å². The van der Waals surface area contributed by atoms with Crippen LogP contribution in [0.5, 0.6) is 0 Å². The molecule has 1 amide bonds. The van der Waals surface area contributed by atoms with Crippen LogP contribution in [0.4, 0.5) is 23.4 Å². The summed E-state index contributed by atoms with van der Waals surface area (Å²) in [5.41, 5.74) is 2.33. The minimum absolute atomic E-state index is 0.153. The van der Waals surface area contributed by atoms with Gasteiger partial charge in [-0.3, -0.25) is 4.79 Å². The van der Waals surface area contributed by atoms with Gasteiger partial charge in [0, 0.05) is 30.3 Å². The van der Waals surface area contributed by atoms with Gasteiger partial charge in [0.2, 0.25) is 0 Å². The highest BCUT2D eigenvalue weighted by atomic mass is 19.4. The molecule has 0 bridgehead atoms. The van der Waals surface area contributed by atoms with Crippen molar-refractivity contribution in [2.45, 2.75) is 45.3 Å². The van der Waals surface area contributed by atoms with Crippen molar-refractivity contribution in [1.29, 1.82) is 0 Å². The van der Waals surface area contributed by atoms with E-state index in [9.17, 15) is 22.4 Å². The summed E-state index contributed by atoms with van der Waals surface area (Å²) in [5.74, 6) is -1.56. The summed E-state index contributed by atoms with van der Waals surface area (Å²) in [6.07, 6.45) is -4.50. The van der Waals surface area contributed by atoms with Crippen molar-refractivity contribution in [3.8, 4) is 0 Å². The number of carbonyl (C=O) groups is 1. The summed E-state index contributed by atoms with van der Waals surface area (Å²) >= 11 is 0. The van der Waals surface area contributed by atoms with Crippen LogP contribution in [0, 0.1) is 26.6 Å². The van der Waals surface area contributed by atoms with Crippen molar-refractivity contribution in [2.24, 2.45) is 0 Å². The zero-order valence-electron chi connectivity index (χ0n) is 16.3. The molecule has 0 radical (unpaired) electrons. The molecular formula is C20H22F4N4O. The molecule has 29 heavy (non-hydrogen) atoms. The van der Waals surface area contributed by atoms with Gasteiger partial charge >= 0.3 is 12.1 Å². The van der Waals surface area contributed by atoms with E-state index in [-0.39, 0.29) is 12.5 Å². The number of halogens is 4. The predicted molar refractivity (Wildman–Crippen MR) is 100 cm³/mol. The average molecular weight is 410 g/mol. The molecule has 1 aliphatic rings. The van der Waals surface area contributed by atoms with E-state index in [0.29, 0.717) is 30.2 Å². The number of alkyl halides is 3. The van der Waals surface area contributed by atoms with E-state index in [4.69, 9.17) is 0 Å². The van der Waals surface area contributed by atoms with E-state index < -0.39 is 23.9 Å². The zero-order valence-corrected chi connectivity index (χ0v) is 16.3. The van der Waals surface area contributed by atoms with Gasteiger partial charge in [-0.2, -0.15) is 13.2 Å². The first-order valence-corrected chi connectivity index (χ1v) is 9.26. The first-order chi connectivity index (χ1) is 13.6. The molecule has 1 aromatic carbocycles. The monoisotopic (exact) mass is 410 g/mol. The number of aromatic nitrogens is 2. The van der Waals surface area contributed by atoms with Gasteiger partial charge in [-0.25, -0.2) is 14.4 Å². The summed E-state index contributed by atoms with van der Waals surface area (Å²) in [6.45, 7) is 6.16. The largest absolute Gasteiger partial charge is 0.471 e. The maximum atomic E-state index is 13.3. The fraction of sp³-hybridized carbons (Fsp3) is 0.450. The van der Waals surface area contributed by atoms with E-state index >= 15 is 0 Å². The number of nitrogens with zero attached hydrogens (tertiary/aromatic N) is 3. The Hall–Kier alpha value is -2.71. The normalized spacial score (nSPS) is 19.9. The van der Waals surface area contributed by atoms with Crippen LogP contribution in [-0.4, -0.2) is 41.2 Å². The lowest BCUT2D eigenvalue weighted by Gasteiger charge is -2.40. The number of aryl methyl sites for hydroxylation is 2. The van der Waals surface area contributed by atoms with Crippen LogP contribution in [0.25, 0.3) is 0 Å². The molecule has 1 fully saturated rings. The second-order valence-electron chi connectivity index (χ2n) is 7.28. The van der Waals surface area contributed by atoms with Crippen molar-refractivity contribution in [3.05, 3.63) is 52.7 Å². The zero-order chi connectivity index (χ0) is 21.3. The summed E-state index contributed by atoms with van der Waals surface area (Å²) < 4.78 is 51.9. The number of nitrogens with one attached hydrogen (secondary N) is 1. The summed E-state index contributed by atoms with van der Waals surface area (Å²) in [6, 6.07) is 4.83. The van der Waals surface area contributed by atoms with Crippen LogP contribution in [0.1, 0.15) is 35.0 Å². The Balaban J connectivity index is 1.91. The number of benzene rings is 1. The maximum Gasteiger partial charge on any atom is 0.471 e. The second-order valence-corrected chi connectivity index (χ2v) is 7.28. The number of hydrogen-bond donors (Lipinski definition) is 1. The van der Waals surface area contributed by atoms with Gasteiger partial charge in [0.1, 0.15) is 17.5 Å². The van der Waals surface area contributed by atoms with Gasteiger partial charge in [-0.1, -0.05) is 12.1 Å². The van der Waals surface area contributed by atoms with Gasteiger partial charge in [-0.15, -0.1) is 0 Å². The SMILES string of the molecule is Cc1nc(C)c(C)c(N2CCC(c3ccc(F)cc3)C(NC(=O)C(F)(F)F)C2)n1. The highest BCUT2D eigenvalue weighted by Gasteiger charge is 2.42. The third-order valence-electron chi connectivity index (χ3n) is 5.26. The Labute approximate surface area is 166 Å². The molecule has 3 rings (SSSR count). The number of carbonyl (C=O) groups excluding carboxylic acids is 1. The molecule has 2 heterocycles. The molecule has 1 saturated heterocycles. The Morgan fingerprint density at radius 2 is 1.79 bits per heavy atom. The molecule has 2 atom stereocenters. The fourth-order valence-corrected chi connectivity index (χ4v) is 3.71. The van der Waals surface area contributed by atoms with E-state index in [1.165, 1.54) is 12.1 Å². The van der Waals surface area contributed by atoms with Crippen molar-refractivity contribution in [2.75, 3.05) is 18.0 Å². The summed E-state index contributed by atoms with van der Waals surface area (Å²) in [5, 5.41) is 2.13. The molecule has 1 aromatic heterocycles. The van der Waals surface area contributed by atoms with E-state index in [2.05, 4.69) is 15.3 Å². The first-order valence-electron chi connectivity index (χ1n) is 9.26. The lowest BCUT2D eigenvalue weighted by Crippen LogP contribution is -2.54. The van der Waals surface area contributed by atoms with Gasteiger partial charge in [0.25, 0.3) is 0 Å². The highest BCUT2D eigenvalue weighted by molar-refractivity contribution is 5.82. The smallest absolute Gasteiger partial charge is 0.354 e. The van der Waals surface area contributed by atoms with Gasteiger partial charge < -0.3 is 10.2 Å². The number of anilines is 1. The molecule has 9 heteroatoms. The molecule has 0 aliphatic carbocycles. The number of amides is 1. The first kappa shape index (κ1) is 21.0. The van der Waals surface area contributed by atoms with Gasteiger partial charge in [0.05, 0.1) is 6.04 Å². The number of rotatable bonds is 3. The van der Waals surface area contributed by atoms with Crippen LogP contribution in [-0.2, 0) is 4.79 Å². The lowest BCUT2D eigenvalue weighted by atomic mass is 9.85. The van der Waals surface area contributed by atoms with Crippen LogP contribution >= 0.6 is 0 Å². The molecule has 2 unspecified atom stereocenters. The van der Waals surface area contributed by atoms with E-state index in [1.807, 2.05) is 18.7 Å². The second kappa shape index (κ2) is 7.96. The minimum Gasteiger partial charge on any atom is -0.354 e. The molecule has 0 spiro atoms. The van der Waals surface area contributed by atoms with E-state index in [1.54, 1.807) is 19.1 Å². The molecule has 1 aliphatic heterocycles. The third-order valence-corrected chi connectivity index (χ3v) is 5.26. The quantitative estimate of drug-likeness (QED) is 0.786. The molecule has 0 saturated carbocycles. The van der Waals surface area contributed by atoms with Crippen molar-refractivity contribution in [1.82, 2.24) is 15.3 Å². The van der Waals surface area contributed by atoms with Crippen LogP contribution in [0.3, 0.4) is 0 Å². The number of hydrogen-bond acceptors (Lipinski definition) is 4. The fourth-order valence-electron chi connectivity index (χ4n) is 3.71. The minimum atomic E-state index is -4.98. The van der Waals surface area contributed by atoms with Crippen molar-refractivity contribution in [3.63, 3.8) is 0 Å². The Morgan fingerprint density at radius 1 is 1.14 bits per heavy atom. The maximum absolute atomic E-state index is 13.3. The summed E-state index contributed by atoms with van der Waals surface area (Å²) in [7, 11) is 0. The molecule has 5 nitrogen and oxygen atoms in total. The topological polar surface area (TPSA) is 58.1 Å². The molecule has 1 N–H and O–H groups in total. The van der Waals surface area contributed by atoms with Crippen molar-refractivity contribution < 1.29 is 22.4 Å². The molecule has 156 valence electrons. The Morgan fingerprint density at radius 3 is 2.41 bits per heavy atom. The van der Waals surface area contributed by atoms with Gasteiger partial charge in [-0.05, 0) is 44.9 Å². The van der Waals surface area contributed by atoms with Crippen LogP contribution in [0.2, 0.25) is 0 Å². The Bertz CT molecular complexity index is 899. The highest BCUT2D eigenvalue weighted by Crippen LogP contribution is 2.32. The van der Waals surface area contributed by atoms with Crippen LogP contribution < -0.4 is 10.2 Å². The lowest BCUT2D eigenvalue weighted by molar-refractivity contribution is -0.174. The Kier molecular flexibility index (Phi) is 5.77. The van der Waals surface area contributed by atoms with Gasteiger partial charge in [0.15, 0.2) is 0 Å². The van der Waals surface area contributed by atoms with E-state index in [0.717, 1.165) is 11.3 Å².